The van der Waals surface area contributed by atoms with Crippen LogP contribution in [0.3, 0.4) is 0 Å². The van der Waals surface area contributed by atoms with E-state index < -0.39 is 10.0 Å². The highest BCUT2D eigenvalue weighted by Crippen LogP contribution is 2.17. The van der Waals surface area contributed by atoms with E-state index in [4.69, 9.17) is 0 Å². The van der Waals surface area contributed by atoms with E-state index in [0.717, 1.165) is 19.3 Å². The lowest BCUT2D eigenvalue weighted by Crippen LogP contribution is -2.35. The van der Waals surface area contributed by atoms with E-state index in [1.54, 1.807) is 12.1 Å². The summed E-state index contributed by atoms with van der Waals surface area (Å²) in [7, 11) is -3.52. The van der Waals surface area contributed by atoms with Gasteiger partial charge in [-0.15, -0.1) is 0 Å². The number of anilines is 1. The van der Waals surface area contributed by atoms with E-state index in [0.29, 0.717) is 11.7 Å². The molecule has 1 saturated carbocycles. The third-order valence-corrected chi connectivity index (χ3v) is 6.43. The minimum absolute atomic E-state index is 0.109. The first kappa shape index (κ1) is 20.9. The molecule has 0 spiro atoms. The predicted molar refractivity (Wildman–Crippen MR) is 105 cm³/mol. The van der Waals surface area contributed by atoms with Crippen LogP contribution in [0.1, 0.15) is 58.8 Å². The average molecular weight is 382 g/mol. The predicted octanol–water partition coefficient (Wildman–Crippen LogP) is 3.01. The van der Waals surface area contributed by atoms with Crippen LogP contribution < -0.4 is 15.4 Å². The molecule has 0 heterocycles. The molecule has 7 heteroatoms. The van der Waals surface area contributed by atoms with Crippen molar-refractivity contribution in [2.24, 2.45) is 0 Å². The first-order chi connectivity index (χ1) is 12.4. The molecule has 1 aromatic rings. The molecule has 1 aliphatic rings. The highest BCUT2D eigenvalue weighted by molar-refractivity contribution is 7.89. The van der Waals surface area contributed by atoms with Crippen molar-refractivity contribution in [2.75, 3.05) is 11.9 Å². The van der Waals surface area contributed by atoms with Crippen LogP contribution in [0.5, 0.6) is 0 Å². The van der Waals surface area contributed by atoms with E-state index in [-0.39, 0.29) is 23.4 Å². The maximum absolute atomic E-state index is 12.2. The van der Waals surface area contributed by atoms with Crippen LogP contribution in [0, 0.1) is 0 Å². The van der Waals surface area contributed by atoms with E-state index in [1.165, 1.54) is 37.8 Å². The molecule has 0 aromatic heterocycles. The molecular formula is C19H31N3O3S. The number of carbonyl (C=O) groups is 1. The summed E-state index contributed by atoms with van der Waals surface area (Å²) in [6.45, 7) is 4.03. The standard InChI is InChI=1S/C19H31N3O3S/c1-3-15(2)22-26(24,25)18-12-10-17(11-13-18)21-19(23)14-20-16-8-6-4-5-7-9-16/h10-13,15-16,20,22H,3-9,14H2,1-2H3,(H,21,23)/t15-/m1/s1. The Balaban J connectivity index is 1.85. The van der Waals surface area contributed by atoms with Crippen LogP contribution in [0.25, 0.3) is 0 Å². The second-order valence-electron chi connectivity index (χ2n) is 7.07. The molecule has 1 aliphatic carbocycles. The van der Waals surface area contributed by atoms with Gasteiger partial charge in [-0.2, -0.15) is 0 Å². The molecule has 0 saturated heterocycles. The Kier molecular flexibility index (Phi) is 8.06. The molecule has 1 atom stereocenters. The van der Waals surface area contributed by atoms with Crippen LogP contribution >= 0.6 is 0 Å². The summed E-state index contributed by atoms with van der Waals surface area (Å²) in [5.74, 6) is -0.109. The fourth-order valence-corrected chi connectivity index (χ4v) is 4.39. The Morgan fingerprint density at radius 3 is 2.31 bits per heavy atom. The number of amides is 1. The number of nitrogens with one attached hydrogen (secondary N) is 3. The molecule has 146 valence electrons. The minimum atomic E-state index is -3.52. The Bertz CT molecular complexity index is 666. The first-order valence-corrected chi connectivity index (χ1v) is 11.0. The molecular weight excluding hydrogens is 350 g/mol. The maximum atomic E-state index is 12.2. The smallest absolute Gasteiger partial charge is 0.240 e. The number of hydrogen-bond acceptors (Lipinski definition) is 4. The summed E-state index contributed by atoms with van der Waals surface area (Å²) in [5, 5.41) is 6.14. The van der Waals surface area contributed by atoms with Gasteiger partial charge in [0.1, 0.15) is 0 Å². The number of hydrogen-bond donors (Lipinski definition) is 3. The van der Waals surface area contributed by atoms with E-state index in [9.17, 15) is 13.2 Å². The van der Waals surface area contributed by atoms with Gasteiger partial charge in [-0.25, -0.2) is 13.1 Å². The lowest BCUT2D eigenvalue weighted by molar-refractivity contribution is -0.115. The molecule has 6 nitrogen and oxygen atoms in total. The van der Waals surface area contributed by atoms with Gasteiger partial charge in [-0.1, -0.05) is 32.6 Å². The lowest BCUT2D eigenvalue weighted by Gasteiger charge is -2.16. The van der Waals surface area contributed by atoms with Crippen molar-refractivity contribution < 1.29 is 13.2 Å². The zero-order valence-electron chi connectivity index (χ0n) is 15.8. The quantitative estimate of drug-likeness (QED) is 0.604. The van der Waals surface area contributed by atoms with Gasteiger partial charge in [0.05, 0.1) is 11.4 Å². The number of carbonyl (C=O) groups excluding carboxylic acids is 1. The van der Waals surface area contributed by atoms with Gasteiger partial charge in [0.2, 0.25) is 15.9 Å². The normalized spacial score (nSPS) is 17.5. The Morgan fingerprint density at radius 2 is 1.73 bits per heavy atom. The number of rotatable bonds is 8. The van der Waals surface area contributed by atoms with Crippen molar-refractivity contribution in [3.05, 3.63) is 24.3 Å². The largest absolute Gasteiger partial charge is 0.325 e. The van der Waals surface area contributed by atoms with Gasteiger partial charge < -0.3 is 10.6 Å². The average Bonchev–Trinajstić information content (AvgIpc) is 2.89. The monoisotopic (exact) mass is 381 g/mol. The molecule has 0 radical (unpaired) electrons. The molecule has 1 fully saturated rings. The second kappa shape index (κ2) is 10.0. The Labute approximate surface area is 157 Å². The lowest BCUT2D eigenvalue weighted by atomic mass is 10.1. The fourth-order valence-electron chi connectivity index (χ4n) is 3.06. The fraction of sp³-hybridized carbons (Fsp3) is 0.632. The van der Waals surface area contributed by atoms with Gasteiger partial charge in [0.15, 0.2) is 0 Å². The molecule has 0 unspecified atom stereocenters. The number of benzene rings is 1. The van der Waals surface area contributed by atoms with Crippen molar-refractivity contribution in [1.82, 2.24) is 10.0 Å². The van der Waals surface area contributed by atoms with Crippen molar-refractivity contribution in [2.45, 2.75) is 75.8 Å². The minimum Gasteiger partial charge on any atom is -0.325 e. The van der Waals surface area contributed by atoms with Crippen LogP contribution in [0.15, 0.2) is 29.2 Å². The van der Waals surface area contributed by atoms with Gasteiger partial charge >= 0.3 is 0 Å². The highest BCUT2D eigenvalue weighted by atomic mass is 32.2. The molecule has 0 bridgehead atoms. The highest BCUT2D eigenvalue weighted by Gasteiger charge is 2.17. The molecule has 1 aromatic carbocycles. The van der Waals surface area contributed by atoms with E-state index in [1.807, 2.05) is 13.8 Å². The molecule has 26 heavy (non-hydrogen) atoms. The zero-order chi connectivity index (χ0) is 19.0. The Morgan fingerprint density at radius 1 is 1.12 bits per heavy atom. The maximum Gasteiger partial charge on any atom is 0.240 e. The molecule has 0 aliphatic heterocycles. The summed E-state index contributed by atoms with van der Waals surface area (Å²) >= 11 is 0. The summed E-state index contributed by atoms with van der Waals surface area (Å²) < 4.78 is 27.1. The summed E-state index contributed by atoms with van der Waals surface area (Å²) in [6.07, 6.45) is 7.99. The van der Waals surface area contributed by atoms with Crippen LogP contribution in [-0.4, -0.2) is 33.0 Å². The van der Waals surface area contributed by atoms with E-state index >= 15 is 0 Å². The third-order valence-electron chi connectivity index (χ3n) is 4.82. The first-order valence-electron chi connectivity index (χ1n) is 9.56. The SMILES string of the molecule is CC[C@@H](C)NS(=O)(=O)c1ccc(NC(=O)CNC2CCCCCC2)cc1. The van der Waals surface area contributed by atoms with Crippen molar-refractivity contribution in [1.29, 1.82) is 0 Å². The topological polar surface area (TPSA) is 87.3 Å². The van der Waals surface area contributed by atoms with Crippen molar-refractivity contribution in [3.63, 3.8) is 0 Å². The van der Waals surface area contributed by atoms with Crippen LogP contribution in [0.2, 0.25) is 0 Å². The molecule has 1 amide bonds. The van der Waals surface area contributed by atoms with Gasteiger partial charge in [0, 0.05) is 17.8 Å². The van der Waals surface area contributed by atoms with E-state index in [2.05, 4.69) is 15.4 Å². The summed E-state index contributed by atoms with van der Waals surface area (Å²) in [4.78, 5) is 12.3. The van der Waals surface area contributed by atoms with Crippen molar-refractivity contribution >= 4 is 21.6 Å². The van der Waals surface area contributed by atoms with Gasteiger partial charge in [0.25, 0.3) is 0 Å². The summed E-state index contributed by atoms with van der Waals surface area (Å²) in [6, 6.07) is 6.57. The molecule has 2 rings (SSSR count). The van der Waals surface area contributed by atoms with Gasteiger partial charge in [-0.05, 0) is 50.5 Å². The van der Waals surface area contributed by atoms with Crippen LogP contribution in [-0.2, 0) is 14.8 Å². The van der Waals surface area contributed by atoms with Crippen molar-refractivity contribution in [3.8, 4) is 0 Å². The van der Waals surface area contributed by atoms with Gasteiger partial charge in [-0.3, -0.25) is 4.79 Å². The second-order valence-corrected chi connectivity index (χ2v) is 8.79. The van der Waals surface area contributed by atoms with Crippen LogP contribution in [0.4, 0.5) is 5.69 Å². The zero-order valence-corrected chi connectivity index (χ0v) is 16.6. The Hall–Kier alpha value is -1.44. The number of sulfonamides is 1. The third kappa shape index (κ3) is 6.70. The summed E-state index contributed by atoms with van der Waals surface area (Å²) in [5.41, 5.74) is 0.597. The molecule has 3 N–H and O–H groups in total.